The molecule has 0 saturated heterocycles. The van der Waals surface area contributed by atoms with E-state index >= 15 is 0 Å². The number of amides is 1. The Labute approximate surface area is 92.0 Å². The lowest BCUT2D eigenvalue weighted by Crippen LogP contribution is -2.23. The van der Waals surface area contributed by atoms with Crippen molar-refractivity contribution in [1.82, 2.24) is 5.32 Å². The second-order valence-corrected chi connectivity index (χ2v) is 3.22. The number of nitro benzene ring substituents is 1. The highest BCUT2D eigenvalue weighted by atomic mass is 16.6. The highest BCUT2D eigenvalue weighted by Crippen LogP contribution is 2.25. The van der Waals surface area contributed by atoms with Gasteiger partial charge in [-0.3, -0.25) is 14.9 Å². The van der Waals surface area contributed by atoms with Crippen molar-refractivity contribution in [3.63, 3.8) is 0 Å². The molecule has 6 nitrogen and oxygen atoms in total. The Kier molecular flexibility index (Phi) is 3.82. The van der Waals surface area contributed by atoms with Gasteiger partial charge < -0.3 is 10.4 Å². The lowest BCUT2D eigenvalue weighted by Gasteiger charge is -2.03. The van der Waals surface area contributed by atoms with E-state index in [1.54, 1.807) is 0 Å². The Morgan fingerprint density at radius 3 is 2.75 bits per heavy atom. The number of carbonyl (C=O) groups excluding carboxylic acids is 1. The van der Waals surface area contributed by atoms with E-state index in [2.05, 4.69) is 5.32 Å². The summed E-state index contributed by atoms with van der Waals surface area (Å²) in [6.07, 6.45) is 0.796. The number of nitrogens with one attached hydrogen (secondary N) is 1. The first kappa shape index (κ1) is 12.0. The standard InChI is InChI=1S/C10H12N2O4/c1-2-5-11-10(14)7-3-4-8(12(15)16)9(13)6-7/h3-4,6,13H,2,5H2,1H3,(H,11,14). The molecule has 1 aromatic carbocycles. The SMILES string of the molecule is CCCNC(=O)c1ccc([N+](=O)[O-])c(O)c1. The van der Waals surface area contributed by atoms with Crippen LogP contribution in [0.15, 0.2) is 18.2 Å². The minimum atomic E-state index is -0.705. The summed E-state index contributed by atoms with van der Waals surface area (Å²) in [6, 6.07) is 3.50. The lowest BCUT2D eigenvalue weighted by atomic mass is 10.2. The quantitative estimate of drug-likeness (QED) is 0.597. The number of hydrogen-bond donors (Lipinski definition) is 2. The van der Waals surface area contributed by atoms with Crippen molar-refractivity contribution in [3.05, 3.63) is 33.9 Å². The minimum absolute atomic E-state index is 0.205. The van der Waals surface area contributed by atoms with Crippen molar-refractivity contribution in [3.8, 4) is 5.75 Å². The Hall–Kier alpha value is -2.11. The summed E-state index contributed by atoms with van der Waals surface area (Å²) >= 11 is 0. The van der Waals surface area contributed by atoms with Crippen molar-refractivity contribution in [1.29, 1.82) is 0 Å². The van der Waals surface area contributed by atoms with Gasteiger partial charge in [0.2, 0.25) is 0 Å². The van der Waals surface area contributed by atoms with E-state index < -0.39 is 16.4 Å². The van der Waals surface area contributed by atoms with Gasteiger partial charge in [-0.05, 0) is 18.6 Å². The Balaban J connectivity index is 2.88. The van der Waals surface area contributed by atoms with Gasteiger partial charge in [-0.1, -0.05) is 6.92 Å². The van der Waals surface area contributed by atoms with Crippen LogP contribution < -0.4 is 5.32 Å². The molecule has 0 aliphatic rings. The van der Waals surface area contributed by atoms with E-state index in [4.69, 9.17) is 0 Å². The number of phenolic OH excluding ortho intramolecular Hbond substituents is 1. The van der Waals surface area contributed by atoms with Crippen LogP contribution in [0.4, 0.5) is 5.69 Å². The monoisotopic (exact) mass is 224 g/mol. The molecule has 0 aliphatic heterocycles. The zero-order valence-corrected chi connectivity index (χ0v) is 8.77. The summed E-state index contributed by atoms with van der Waals surface area (Å²) in [5, 5.41) is 22.3. The maximum absolute atomic E-state index is 11.4. The number of nitrogens with zero attached hydrogens (tertiary/aromatic N) is 1. The third-order valence-electron chi connectivity index (χ3n) is 1.97. The highest BCUT2D eigenvalue weighted by Gasteiger charge is 2.15. The molecule has 0 fully saturated rings. The number of benzene rings is 1. The van der Waals surface area contributed by atoms with Crippen molar-refractivity contribution in [2.75, 3.05) is 6.54 Å². The van der Waals surface area contributed by atoms with Gasteiger partial charge in [0.1, 0.15) is 0 Å². The summed E-state index contributed by atoms with van der Waals surface area (Å²) in [7, 11) is 0. The van der Waals surface area contributed by atoms with E-state index in [0.717, 1.165) is 18.6 Å². The minimum Gasteiger partial charge on any atom is -0.502 e. The van der Waals surface area contributed by atoms with Crippen molar-refractivity contribution >= 4 is 11.6 Å². The van der Waals surface area contributed by atoms with Gasteiger partial charge in [0, 0.05) is 18.2 Å². The molecule has 1 rings (SSSR count). The van der Waals surface area contributed by atoms with Crippen molar-refractivity contribution in [2.24, 2.45) is 0 Å². The topological polar surface area (TPSA) is 92.5 Å². The van der Waals surface area contributed by atoms with Crippen LogP contribution in [-0.4, -0.2) is 22.5 Å². The molecule has 0 aromatic heterocycles. The maximum Gasteiger partial charge on any atom is 0.310 e. The van der Waals surface area contributed by atoms with Gasteiger partial charge in [0.05, 0.1) is 4.92 Å². The molecule has 0 radical (unpaired) electrons. The first-order valence-electron chi connectivity index (χ1n) is 4.82. The van der Waals surface area contributed by atoms with Crippen LogP contribution in [0, 0.1) is 10.1 Å². The molecule has 86 valence electrons. The summed E-state index contributed by atoms with van der Waals surface area (Å²) < 4.78 is 0. The third-order valence-corrected chi connectivity index (χ3v) is 1.97. The van der Waals surface area contributed by atoms with Gasteiger partial charge >= 0.3 is 5.69 Å². The summed E-state index contributed by atoms with van der Waals surface area (Å²) in [5.41, 5.74) is -0.205. The van der Waals surface area contributed by atoms with Crippen LogP contribution in [0.25, 0.3) is 0 Å². The van der Waals surface area contributed by atoms with Crippen LogP contribution in [0.3, 0.4) is 0 Å². The summed E-state index contributed by atoms with van der Waals surface area (Å²) in [6.45, 7) is 2.43. The maximum atomic E-state index is 11.4. The molecule has 0 bridgehead atoms. The number of aromatic hydroxyl groups is 1. The molecule has 6 heteroatoms. The van der Waals surface area contributed by atoms with Crippen molar-refractivity contribution in [2.45, 2.75) is 13.3 Å². The van der Waals surface area contributed by atoms with Crippen LogP contribution >= 0.6 is 0 Å². The van der Waals surface area contributed by atoms with E-state index in [1.807, 2.05) is 6.92 Å². The Morgan fingerprint density at radius 1 is 1.56 bits per heavy atom. The first-order valence-corrected chi connectivity index (χ1v) is 4.82. The number of rotatable bonds is 4. The second-order valence-electron chi connectivity index (χ2n) is 3.22. The molecule has 1 amide bonds. The fourth-order valence-electron chi connectivity index (χ4n) is 1.16. The molecule has 1 aromatic rings. The van der Waals surface area contributed by atoms with E-state index in [1.165, 1.54) is 6.07 Å². The molecule has 0 atom stereocenters. The van der Waals surface area contributed by atoms with Gasteiger partial charge in [0.25, 0.3) is 5.91 Å². The average Bonchev–Trinajstić information content (AvgIpc) is 2.25. The van der Waals surface area contributed by atoms with Crippen LogP contribution in [-0.2, 0) is 0 Å². The Bertz CT molecular complexity index is 417. The smallest absolute Gasteiger partial charge is 0.310 e. The molecular weight excluding hydrogens is 212 g/mol. The molecule has 0 saturated carbocycles. The molecule has 0 unspecified atom stereocenters. The van der Waals surface area contributed by atoms with Crippen molar-refractivity contribution < 1.29 is 14.8 Å². The van der Waals surface area contributed by atoms with Crippen LogP contribution in [0.2, 0.25) is 0 Å². The second kappa shape index (κ2) is 5.11. The van der Waals surface area contributed by atoms with E-state index in [-0.39, 0.29) is 11.5 Å². The molecule has 0 spiro atoms. The summed E-state index contributed by atoms with van der Waals surface area (Å²) in [5.74, 6) is -0.860. The first-order chi connectivity index (χ1) is 7.56. The normalized spacial score (nSPS) is 9.81. The predicted octanol–water partition coefficient (Wildman–Crippen LogP) is 1.44. The van der Waals surface area contributed by atoms with E-state index in [0.29, 0.717) is 6.54 Å². The fourth-order valence-corrected chi connectivity index (χ4v) is 1.16. The van der Waals surface area contributed by atoms with Gasteiger partial charge in [-0.25, -0.2) is 0 Å². The molecule has 0 heterocycles. The van der Waals surface area contributed by atoms with E-state index in [9.17, 15) is 20.0 Å². The molecule has 16 heavy (non-hydrogen) atoms. The highest BCUT2D eigenvalue weighted by molar-refractivity contribution is 5.94. The van der Waals surface area contributed by atoms with Gasteiger partial charge in [-0.15, -0.1) is 0 Å². The predicted molar refractivity (Wildman–Crippen MR) is 57.4 cm³/mol. The zero-order chi connectivity index (χ0) is 12.1. The zero-order valence-electron chi connectivity index (χ0n) is 8.77. The Morgan fingerprint density at radius 2 is 2.25 bits per heavy atom. The number of phenols is 1. The largest absolute Gasteiger partial charge is 0.502 e. The molecule has 2 N–H and O–H groups in total. The molecule has 0 aliphatic carbocycles. The number of carbonyl (C=O) groups is 1. The van der Waals surface area contributed by atoms with Crippen LogP contribution in [0.1, 0.15) is 23.7 Å². The van der Waals surface area contributed by atoms with Gasteiger partial charge in [-0.2, -0.15) is 0 Å². The lowest BCUT2D eigenvalue weighted by molar-refractivity contribution is -0.385. The average molecular weight is 224 g/mol. The molecular formula is C10H12N2O4. The van der Waals surface area contributed by atoms with Crippen LogP contribution in [0.5, 0.6) is 5.75 Å². The third kappa shape index (κ3) is 2.69. The van der Waals surface area contributed by atoms with Gasteiger partial charge in [0.15, 0.2) is 5.75 Å². The number of nitro groups is 1. The number of hydrogen-bond acceptors (Lipinski definition) is 4. The fraction of sp³-hybridized carbons (Fsp3) is 0.300. The summed E-state index contributed by atoms with van der Waals surface area (Å²) in [4.78, 5) is 21.2.